The van der Waals surface area contributed by atoms with E-state index in [4.69, 9.17) is 0 Å². The van der Waals surface area contributed by atoms with E-state index in [0.717, 1.165) is 19.6 Å². The monoisotopic (exact) mass is 289 g/mol. The molecule has 2 unspecified atom stereocenters. The first kappa shape index (κ1) is 16.4. The third kappa shape index (κ3) is 4.52. The van der Waals surface area contributed by atoms with Crippen LogP contribution >= 0.6 is 0 Å². The van der Waals surface area contributed by atoms with Gasteiger partial charge in [-0.25, -0.2) is 0 Å². The second-order valence-electron chi connectivity index (χ2n) is 7.57. The molecule has 118 valence electrons. The lowest BCUT2D eigenvalue weighted by molar-refractivity contribution is 0.0747. The van der Waals surface area contributed by atoms with Crippen molar-refractivity contribution in [2.24, 2.45) is 5.41 Å². The van der Waals surface area contributed by atoms with Crippen molar-refractivity contribution < 1.29 is 0 Å². The van der Waals surface area contributed by atoms with Gasteiger partial charge in [-0.05, 0) is 29.9 Å². The van der Waals surface area contributed by atoms with Gasteiger partial charge in [-0.1, -0.05) is 40.2 Å². The maximum atomic E-state index is 4.35. The lowest BCUT2D eigenvalue weighted by Gasteiger charge is -2.45. The van der Waals surface area contributed by atoms with Gasteiger partial charge in [0.2, 0.25) is 0 Å². The Balaban J connectivity index is 2.10. The zero-order chi connectivity index (χ0) is 15.5. The van der Waals surface area contributed by atoms with Crippen molar-refractivity contribution in [3.05, 3.63) is 29.6 Å². The molecule has 1 saturated heterocycles. The number of nitrogens with one attached hydrogen (secondary N) is 1. The standard InChI is InChI=1S/C18H31N3/c1-6-7-16-11-20-17(18(3,4)5)13-21(16)12-15-8-14(2)9-19-10-15/h8-10,16-17,20H,6-7,11-13H2,1-5H3. The van der Waals surface area contributed by atoms with Crippen LogP contribution in [-0.2, 0) is 6.54 Å². The van der Waals surface area contributed by atoms with Crippen molar-refractivity contribution in [3.63, 3.8) is 0 Å². The van der Waals surface area contributed by atoms with Gasteiger partial charge in [0.15, 0.2) is 0 Å². The molecule has 1 aliphatic rings. The van der Waals surface area contributed by atoms with Crippen molar-refractivity contribution in [1.82, 2.24) is 15.2 Å². The highest BCUT2D eigenvalue weighted by Crippen LogP contribution is 2.25. The summed E-state index contributed by atoms with van der Waals surface area (Å²) in [5.74, 6) is 0. The molecule has 1 aromatic rings. The number of hydrogen-bond donors (Lipinski definition) is 1. The summed E-state index contributed by atoms with van der Waals surface area (Å²) < 4.78 is 0. The molecule has 0 spiro atoms. The van der Waals surface area contributed by atoms with Crippen LogP contribution in [0.2, 0.25) is 0 Å². The number of aryl methyl sites for hydroxylation is 1. The van der Waals surface area contributed by atoms with Crippen LogP contribution in [0.15, 0.2) is 18.5 Å². The van der Waals surface area contributed by atoms with Crippen molar-refractivity contribution in [2.45, 2.75) is 66.1 Å². The Bertz CT molecular complexity index is 450. The van der Waals surface area contributed by atoms with Crippen LogP contribution in [0.1, 0.15) is 51.7 Å². The summed E-state index contributed by atoms with van der Waals surface area (Å²) in [6.45, 7) is 14.6. The SMILES string of the molecule is CCCC1CNC(C(C)(C)C)CN1Cc1cncc(C)c1. The Hall–Kier alpha value is -0.930. The zero-order valence-electron chi connectivity index (χ0n) is 14.3. The summed E-state index contributed by atoms with van der Waals surface area (Å²) in [4.78, 5) is 7.01. The highest BCUT2D eigenvalue weighted by atomic mass is 15.2. The van der Waals surface area contributed by atoms with Crippen LogP contribution in [-0.4, -0.2) is 35.1 Å². The van der Waals surface area contributed by atoms with Gasteiger partial charge in [-0.15, -0.1) is 0 Å². The molecular weight excluding hydrogens is 258 g/mol. The van der Waals surface area contributed by atoms with Gasteiger partial charge in [0.05, 0.1) is 0 Å². The fourth-order valence-electron chi connectivity index (χ4n) is 3.19. The maximum Gasteiger partial charge on any atom is 0.0313 e. The van der Waals surface area contributed by atoms with E-state index in [1.165, 1.54) is 24.0 Å². The van der Waals surface area contributed by atoms with E-state index in [2.05, 4.69) is 55.9 Å². The van der Waals surface area contributed by atoms with Crippen LogP contribution in [0.5, 0.6) is 0 Å². The largest absolute Gasteiger partial charge is 0.311 e. The van der Waals surface area contributed by atoms with Crippen molar-refractivity contribution in [1.29, 1.82) is 0 Å². The van der Waals surface area contributed by atoms with E-state index < -0.39 is 0 Å². The maximum absolute atomic E-state index is 4.35. The van der Waals surface area contributed by atoms with Crippen LogP contribution in [0.4, 0.5) is 0 Å². The summed E-state index contributed by atoms with van der Waals surface area (Å²) in [7, 11) is 0. The summed E-state index contributed by atoms with van der Waals surface area (Å²) in [5, 5.41) is 3.76. The highest BCUT2D eigenvalue weighted by Gasteiger charge is 2.33. The molecular formula is C18H31N3. The van der Waals surface area contributed by atoms with Crippen molar-refractivity contribution in [2.75, 3.05) is 13.1 Å². The Morgan fingerprint density at radius 2 is 2.10 bits per heavy atom. The smallest absolute Gasteiger partial charge is 0.0313 e. The fourth-order valence-corrected chi connectivity index (χ4v) is 3.19. The molecule has 2 rings (SSSR count). The average molecular weight is 289 g/mol. The molecule has 0 bridgehead atoms. The van der Waals surface area contributed by atoms with Gasteiger partial charge in [-0.2, -0.15) is 0 Å². The number of pyridine rings is 1. The van der Waals surface area contributed by atoms with Crippen LogP contribution < -0.4 is 5.32 Å². The minimum absolute atomic E-state index is 0.306. The Kier molecular flexibility index (Phi) is 5.39. The third-order valence-electron chi connectivity index (χ3n) is 4.52. The van der Waals surface area contributed by atoms with Crippen molar-refractivity contribution >= 4 is 0 Å². The molecule has 2 atom stereocenters. The Morgan fingerprint density at radius 1 is 1.33 bits per heavy atom. The van der Waals surface area contributed by atoms with Gasteiger partial charge in [-0.3, -0.25) is 9.88 Å². The van der Waals surface area contributed by atoms with Gasteiger partial charge < -0.3 is 5.32 Å². The first-order valence-corrected chi connectivity index (χ1v) is 8.28. The average Bonchev–Trinajstić information content (AvgIpc) is 2.40. The summed E-state index contributed by atoms with van der Waals surface area (Å²) in [6.07, 6.45) is 6.46. The molecule has 2 heterocycles. The minimum Gasteiger partial charge on any atom is -0.311 e. The Morgan fingerprint density at radius 3 is 2.71 bits per heavy atom. The molecule has 0 aliphatic carbocycles. The van der Waals surface area contributed by atoms with E-state index in [0.29, 0.717) is 17.5 Å². The predicted octanol–water partition coefficient (Wildman–Crippen LogP) is 3.38. The predicted molar refractivity (Wildman–Crippen MR) is 89.3 cm³/mol. The molecule has 3 heteroatoms. The summed E-state index contributed by atoms with van der Waals surface area (Å²) in [6, 6.07) is 3.47. The van der Waals surface area contributed by atoms with Gasteiger partial charge >= 0.3 is 0 Å². The molecule has 0 aromatic carbocycles. The molecule has 21 heavy (non-hydrogen) atoms. The molecule has 1 fully saturated rings. The number of aromatic nitrogens is 1. The molecule has 0 amide bonds. The molecule has 3 nitrogen and oxygen atoms in total. The third-order valence-corrected chi connectivity index (χ3v) is 4.52. The number of piperazine rings is 1. The molecule has 1 N–H and O–H groups in total. The number of hydrogen-bond acceptors (Lipinski definition) is 3. The molecule has 0 saturated carbocycles. The van der Waals surface area contributed by atoms with Crippen molar-refractivity contribution in [3.8, 4) is 0 Å². The van der Waals surface area contributed by atoms with Crippen LogP contribution in [0, 0.1) is 12.3 Å². The first-order chi connectivity index (χ1) is 9.90. The lowest BCUT2D eigenvalue weighted by Crippen LogP contribution is -2.59. The van der Waals surface area contributed by atoms with E-state index >= 15 is 0 Å². The van der Waals surface area contributed by atoms with Gasteiger partial charge in [0, 0.05) is 44.1 Å². The van der Waals surface area contributed by atoms with Crippen LogP contribution in [0.25, 0.3) is 0 Å². The molecule has 0 radical (unpaired) electrons. The normalized spacial score (nSPS) is 24.2. The van der Waals surface area contributed by atoms with Gasteiger partial charge in [0.1, 0.15) is 0 Å². The van der Waals surface area contributed by atoms with Gasteiger partial charge in [0.25, 0.3) is 0 Å². The van der Waals surface area contributed by atoms with E-state index in [-0.39, 0.29) is 0 Å². The quantitative estimate of drug-likeness (QED) is 0.921. The first-order valence-electron chi connectivity index (χ1n) is 8.28. The summed E-state index contributed by atoms with van der Waals surface area (Å²) in [5.41, 5.74) is 2.90. The molecule has 1 aromatic heterocycles. The summed E-state index contributed by atoms with van der Waals surface area (Å²) >= 11 is 0. The fraction of sp³-hybridized carbons (Fsp3) is 0.722. The number of nitrogens with zero attached hydrogens (tertiary/aromatic N) is 2. The second kappa shape index (κ2) is 6.89. The highest BCUT2D eigenvalue weighted by molar-refractivity contribution is 5.16. The topological polar surface area (TPSA) is 28.2 Å². The van der Waals surface area contributed by atoms with E-state index in [9.17, 15) is 0 Å². The minimum atomic E-state index is 0.306. The Labute approximate surface area is 130 Å². The second-order valence-corrected chi connectivity index (χ2v) is 7.57. The lowest BCUT2D eigenvalue weighted by atomic mass is 9.84. The van der Waals surface area contributed by atoms with E-state index in [1.54, 1.807) is 0 Å². The van der Waals surface area contributed by atoms with E-state index in [1.807, 2.05) is 12.4 Å². The zero-order valence-corrected chi connectivity index (χ0v) is 14.3. The van der Waals surface area contributed by atoms with Crippen LogP contribution in [0.3, 0.4) is 0 Å². The molecule has 1 aliphatic heterocycles. The number of rotatable bonds is 4.